The lowest BCUT2D eigenvalue weighted by Crippen LogP contribution is -2.25. The molecule has 7 nitrogen and oxygen atoms in total. The molecule has 1 aliphatic rings. The van der Waals surface area contributed by atoms with Crippen LogP contribution in [-0.4, -0.2) is 33.1 Å². The molecule has 3 rings (SSSR count). The number of hydrogen-bond acceptors (Lipinski definition) is 4. The van der Waals surface area contributed by atoms with Gasteiger partial charge in [-0.25, -0.2) is 9.67 Å². The number of nitrogens with zero attached hydrogens (tertiary/aromatic N) is 4. The average Bonchev–Trinajstić information content (AvgIpc) is 3.19. The van der Waals surface area contributed by atoms with Gasteiger partial charge in [0.25, 0.3) is 0 Å². The summed E-state index contributed by atoms with van der Waals surface area (Å²) in [5.41, 5.74) is 1.55. The van der Waals surface area contributed by atoms with Crippen LogP contribution < -0.4 is 10.2 Å². The standard InChI is InChI=1S/C15H17N5O2/c1-11(20-10-16-9-17-20)15(22)18-12-4-6-13(7-5-12)19-8-2-3-14(19)21/h4-7,9-11H,2-3,8H2,1H3,(H,18,22)/t11-/m1/s1. The summed E-state index contributed by atoms with van der Waals surface area (Å²) in [5, 5.41) is 6.78. The molecule has 0 aliphatic carbocycles. The van der Waals surface area contributed by atoms with E-state index in [4.69, 9.17) is 0 Å². The molecule has 1 aliphatic heterocycles. The van der Waals surface area contributed by atoms with Crippen LogP contribution in [0, 0.1) is 0 Å². The highest BCUT2D eigenvalue weighted by molar-refractivity contribution is 5.96. The van der Waals surface area contributed by atoms with E-state index in [0.29, 0.717) is 12.1 Å². The van der Waals surface area contributed by atoms with Gasteiger partial charge in [0.2, 0.25) is 11.8 Å². The minimum Gasteiger partial charge on any atom is -0.324 e. The highest BCUT2D eigenvalue weighted by Gasteiger charge is 2.21. The van der Waals surface area contributed by atoms with Crippen molar-refractivity contribution in [3.8, 4) is 0 Å². The van der Waals surface area contributed by atoms with Gasteiger partial charge in [-0.2, -0.15) is 5.10 Å². The van der Waals surface area contributed by atoms with Crippen LogP contribution in [0.15, 0.2) is 36.9 Å². The predicted octanol–water partition coefficient (Wildman–Crippen LogP) is 1.60. The van der Waals surface area contributed by atoms with E-state index in [0.717, 1.165) is 18.7 Å². The third-order valence-corrected chi connectivity index (χ3v) is 3.73. The van der Waals surface area contributed by atoms with Gasteiger partial charge in [0.1, 0.15) is 18.7 Å². The molecule has 1 aromatic heterocycles. The molecule has 1 fully saturated rings. The first-order valence-electron chi connectivity index (χ1n) is 7.20. The van der Waals surface area contributed by atoms with Crippen molar-refractivity contribution in [3.63, 3.8) is 0 Å². The summed E-state index contributed by atoms with van der Waals surface area (Å²) in [6.07, 6.45) is 4.40. The summed E-state index contributed by atoms with van der Waals surface area (Å²) in [7, 11) is 0. The second kappa shape index (κ2) is 5.97. The average molecular weight is 299 g/mol. The first-order valence-corrected chi connectivity index (χ1v) is 7.20. The van der Waals surface area contributed by atoms with Gasteiger partial charge in [-0.05, 0) is 37.6 Å². The number of benzene rings is 1. The van der Waals surface area contributed by atoms with Crippen LogP contribution in [-0.2, 0) is 9.59 Å². The largest absolute Gasteiger partial charge is 0.324 e. The molecule has 0 radical (unpaired) electrons. The van der Waals surface area contributed by atoms with Gasteiger partial charge in [-0.1, -0.05) is 0 Å². The Morgan fingerprint density at radius 2 is 2.09 bits per heavy atom. The topological polar surface area (TPSA) is 80.1 Å². The van der Waals surface area contributed by atoms with Crippen molar-refractivity contribution in [2.45, 2.75) is 25.8 Å². The number of carbonyl (C=O) groups is 2. The number of amides is 2. The van der Waals surface area contributed by atoms with Crippen molar-refractivity contribution in [1.82, 2.24) is 14.8 Å². The number of nitrogens with one attached hydrogen (secondary N) is 1. The van der Waals surface area contributed by atoms with Crippen molar-refractivity contribution in [1.29, 1.82) is 0 Å². The lowest BCUT2D eigenvalue weighted by molar-refractivity contribution is -0.119. The molecule has 0 saturated carbocycles. The summed E-state index contributed by atoms with van der Waals surface area (Å²) in [5.74, 6) is -0.0212. The summed E-state index contributed by atoms with van der Waals surface area (Å²) < 4.78 is 1.49. The zero-order valence-electron chi connectivity index (χ0n) is 12.3. The molecule has 1 saturated heterocycles. The van der Waals surface area contributed by atoms with Gasteiger partial charge in [0.05, 0.1) is 0 Å². The number of hydrogen-bond donors (Lipinski definition) is 1. The Balaban J connectivity index is 1.66. The van der Waals surface area contributed by atoms with E-state index >= 15 is 0 Å². The maximum Gasteiger partial charge on any atom is 0.249 e. The van der Waals surface area contributed by atoms with Gasteiger partial charge in [0, 0.05) is 24.3 Å². The third-order valence-electron chi connectivity index (χ3n) is 3.73. The Morgan fingerprint density at radius 1 is 1.32 bits per heavy atom. The van der Waals surface area contributed by atoms with E-state index in [1.807, 2.05) is 12.1 Å². The minimum atomic E-state index is -0.442. The Kier molecular flexibility index (Phi) is 3.86. The molecule has 0 bridgehead atoms. The van der Waals surface area contributed by atoms with E-state index in [9.17, 15) is 9.59 Å². The highest BCUT2D eigenvalue weighted by atomic mass is 16.2. The monoisotopic (exact) mass is 299 g/mol. The molecule has 0 unspecified atom stereocenters. The van der Waals surface area contributed by atoms with E-state index in [1.165, 1.54) is 17.3 Å². The number of anilines is 2. The smallest absolute Gasteiger partial charge is 0.249 e. The summed E-state index contributed by atoms with van der Waals surface area (Å²) in [4.78, 5) is 29.4. The number of aromatic nitrogens is 3. The van der Waals surface area contributed by atoms with Gasteiger partial charge in [-0.15, -0.1) is 0 Å². The summed E-state index contributed by atoms with van der Waals surface area (Å²) in [6.45, 7) is 2.51. The van der Waals surface area contributed by atoms with Gasteiger partial charge in [0.15, 0.2) is 0 Å². The second-order valence-electron chi connectivity index (χ2n) is 5.24. The zero-order chi connectivity index (χ0) is 15.5. The highest BCUT2D eigenvalue weighted by Crippen LogP contribution is 2.23. The SMILES string of the molecule is C[C@H](C(=O)Nc1ccc(N2CCCC2=O)cc1)n1cncn1. The van der Waals surface area contributed by atoms with E-state index < -0.39 is 6.04 Å². The van der Waals surface area contributed by atoms with Gasteiger partial charge >= 0.3 is 0 Å². The fourth-order valence-corrected chi connectivity index (χ4v) is 2.43. The fourth-order valence-electron chi connectivity index (χ4n) is 2.43. The van der Waals surface area contributed by atoms with Crippen LogP contribution in [0.2, 0.25) is 0 Å². The van der Waals surface area contributed by atoms with E-state index in [-0.39, 0.29) is 11.8 Å². The molecule has 1 aromatic carbocycles. The first kappa shape index (κ1) is 14.2. The molecular formula is C15H17N5O2. The molecule has 2 amide bonds. The van der Waals surface area contributed by atoms with Crippen molar-refractivity contribution in [2.75, 3.05) is 16.8 Å². The molecule has 1 atom stereocenters. The van der Waals surface area contributed by atoms with Gasteiger partial charge in [-0.3, -0.25) is 9.59 Å². The Labute approximate surface area is 127 Å². The van der Waals surface area contributed by atoms with Crippen LogP contribution in [0.4, 0.5) is 11.4 Å². The fraction of sp³-hybridized carbons (Fsp3) is 0.333. The molecule has 2 heterocycles. The maximum absolute atomic E-state index is 12.1. The minimum absolute atomic E-state index is 0.150. The van der Waals surface area contributed by atoms with Crippen LogP contribution in [0.1, 0.15) is 25.8 Å². The molecule has 2 aromatic rings. The van der Waals surface area contributed by atoms with Crippen LogP contribution in [0.3, 0.4) is 0 Å². The molecule has 7 heteroatoms. The third kappa shape index (κ3) is 2.83. The van der Waals surface area contributed by atoms with Gasteiger partial charge < -0.3 is 10.2 Å². The Hall–Kier alpha value is -2.70. The number of carbonyl (C=O) groups excluding carboxylic acids is 2. The molecule has 1 N–H and O–H groups in total. The lowest BCUT2D eigenvalue weighted by Gasteiger charge is -2.16. The first-order chi connectivity index (χ1) is 10.6. The van der Waals surface area contributed by atoms with Crippen molar-refractivity contribution < 1.29 is 9.59 Å². The van der Waals surface area contributed by atoms with Crippen molar-refractivity contribution >= 4 is 23.2 Å². The summed E-state index contributed by atoms with van der Waals surface area (Å²) in [6, 6.07) is 6.85. The Bertz CT molecular complexity index is 666. The normalized spacial score (nSPS) is 15.9. The molecular weight excluding hydrogens is 282 g/mol. The predicted molar refractivity (Wildman–Crippen MR) is 81.4 cm³/mol. The van der Waals surface area contributed by atoms with Crippen molar-refractivity contribution in [3.05, 3.63) is 36.9 Å². The molecule has 114 valence electrons. The van der Waals surface area contributed by atoms with Crippen molar-refractivity contribution in [2.24, 2.45) is 0 Å². The van der Waals surface area contributed by atoms with Crippen LogP contribution in [0.5, 0.6) is 0 Å². The van der Waals surface area contributed by atoms with E-state index in [1.54, 1.807) is 24.0 Å². The number of rotatable bonds is 4. The van der Waals surface area contributed by atoms with E-state index in [2.05, 4.69) is 15.4 Å². The quantitative estimate of drug-likeness (QED) is 0.930. The molecule has 22 heavy (non-hydrogen) atoms. The molecule has 0 spiro atoms. The Morgan fingerprint density at radius 3 is 2.68 bits per heavy atom. The zero-order valence-corrected chi connectivity index (χ0v) is 12.3. The van der Waals surface area contributed by atoms with Crippen LogP contribution in [0.25, 0.3) is 0 Å². The van der Waals surface area contributed by atoms with Crippen LogP contribution >= 0.6 is 0 Å². The maximum atomic E-state index is 12.1. The summed E-state index contributed by atoms with van der Waals surface area (Å²) >= 11 is 0. The second-order valence-corrected chi connectivity index (χ2v) is 5.24. The lowest BCUT2D eigenvalue weighted by atomic mass is 10.2.